The zero-order valence-electron chi connectivity index (χ0n) is 26.6. The largest absolute Gasteiger partial charge is 0.490 e. The molecule has 254 valence electrons. The van der Waals surface area contributed by atoms with Gasteiger partial charge < -0.3 is 40.3 Å². The fourth-order valence-corrected chi connectivity index (χ4v) is 5.97. The first kappa shape index (κ1) is 35.2. The van der Waals surface area contributed by atoms with Gasteiger partial charge in [-0.15, -0.1) is 0 Å². The monoisotopic (exact) mass is 668 g/mol. The molecule has 4 unspecified atom stereocenters. The van der Waals surface area contributed by atoms with Gasteiger partial charge in [0.2, 0.25) is 5.91 Å². The summed E-state index contributed by atoms with van der Waals surface area (Å²) in [7, 11) is 0. The number of amides is 1. The number of nitrogens with zero attached hydrogens (tertiary/aromatic N) is 1. The Morgan fingerprint density at radius 1 is 1.02 bits per heavy atom. The maximum absolute atomic E-state index is 12.2. The molecule has 10 nitrogen and oxygen atoms in total. The number of halogens is 1. The molecule has 2 aromatic carbocycles. The van der Waals surface area contributed by atoms with Crippen LogP contribution in [-0.4, -0.2) is 80.1 Å². The highest BCUT2D eigenvalue weighted by molar-refractivity contribution is 6.31. The summed E-state index contributed by atoms with van der Waals surface area (Å²) < 4.78 is 12.8. The summed E-state index contributed by atoms with van der Waals surface area (Å²) >= 11 is 6.75. The van der Waals surface area contributed by atoms with E-state index >= 15 is 0 Å². The number of aliphatic hydroxyl groups excluding tert-OH is 5. The number of hydrogen-bond acceptors (Lipinski definition) is 9. The maximum Gasteiger partial charge on any atom is 0.220 e. The first-order valence-corrected chi connectivity index (χ1v) is 16.7. The number of ether oxygens (including phenoxy) is 2. The lowest BCUT2D eigenvalue weighted by Crippen LogP contribution is -2.49. The van der Waals surface area contributed by atoms with Gasteiger partial charge in [-0.05, 0) is 92.3 Å². The Hall–Kier alpha value is -3.09. The molecule has 1 heterocycles. The number of unbranched alkanes of at least 4 members (excludes halogenated alkanes) is 1. The van der Waals surface area contributed by atoms with Crippen LogP contribution in [0.2, 0.25) is 5.02 Å². The Bertz CT molecular complexity index is 1510. The highest BCUT2D eigenvalue weighted by Gasteiger charge is 2.48. The van der Waals surface area contributed by atoms with Gasteiger partial charge >= 0.3 is 0 Å². The van der Waals surface area contributed by atoms with E-state index < -0.39 is 36.6 Å². The van der Waals surface area contributed by atoms with Gasteiger partial charge in [0.25, 0.3) is 0 Å². The number of rotatable bonds is 18. The molecule has 1 aromatic heterocycles. The van der Waals surface area contributed by atoms with E-state index in [1.165, 1.54) is 0 Å². The second-order valence-corrected chi connectivity index (χ2v) is 13.1. The number of carbonyl (C=O) groups is 1. The lowest BCUT2D eigenvalue weighted by atomic mass is 9.96. The van der Waals surface area contributed by atoms with E-state index in [4.69, 9.17) is 26.2 Å². The molecule has 47 heavy (non-hydrogen) atoms. The fourth-order valence-electron chi connectivity index (χ4n) is 5.72. The zero-order chi connectivity index (χ0) is 33.6. The predicted octanol–water partition coefficient (Wildman–Crippen LogP) is 3.72. The molecule has 0 radical (unpaired) electrons. The van der Waals surface area contributed by atoms with Gasteiger partial charge in [-0.25, -0.2) is 0 Å². The van der Waals surface area contributed by atoms with Gasteiger partial charge in [0.05, 0.1) is 31.0 Å². The molecule has 2 aliphatic rings. The average molecular weight is 669 g/mol. The lowest BCUT2D eigenvalue weighted by molar-refractivity contribution is -0.126. The molecule has 2 saturated carbocycles. The van der Waals surface area contributed by atoms with E-state index in [0.29, 0.717) is 24.2 Å². The molecular formula is C36H45ClN2O8. The zero-order valence-corrected chi connectivity index (χ0v) is 27.4. The number of carbonyl (C=O) groups excluding carboxylic acids is 1. The summed E-state index contributed by atoms with van der Waals surface area (Å²) in [6, 6.07) is 14.2. The first-order chi connectivity index (χ1) is 22.6. The summed E-state index contributed by atoms with van der Waals surface area (Å²) in [5.74, 6) is 0.583. The van der Waals surface area contributed by atoms with Crippen molar-refractivity contribution in [2.45, 2.75) is 101 Å². The fraction of sp³-hybridized carbons (Fsp3) is 0.500. The van der Waals surface area contributed by atoms with Crippen molar-refractivity contribution in [2.24, 2.45) is 0 Å². The Morgan fingerprint density at radius 2 is 1.77 bits per heavy atom. The number of nitrogens with one attached hydrogen (secondary N) is 1. The van der Waals surface area contributed by atoms with Crippen molar-refractivity contribution in [2.75, 3.05) is 13.2 Å². The molecule has 0 bridgehead atoms. The standard InChI is InChI=1S/C36H45ClN2O8/c1-22-16-24(29(37)17-23(22)6-2-5-9-33(43)39-19-30(41)34(44)35(45)31(42)20-40)21-46-36(13-14-36)28-18-38-15-12-26(28)27-7-3-4-8-32(27)47-25-10-11-25/h3-4,7-8,12,15-18,25,30-31,34-35,40-42,44-45H,2,5-6,9-11,13-14,19-21H2,1H3,(H,39,43). The van der Waals surface area contributed by atoms with Gasteiger partial charge in [0.1, 0.15) is 24.1 Å². The molecule has 0 saturated heterocycles. The average Bonchev–Trinajstić information content (AvgIpc) is 4.03. The third kappa shape index (κ3) is 9.08. The third-order valence-corrected chi connectivity index (χ3v) is 9.31. The molecule has 5 rings (SSSR count). The van der Waals surface area contributed by atoms with Crippen LogP contribution in [0.25, 0.3) is 11.1 Å². The van der Waals surface area contributed by atoms with E-state index in [0.717, 1.165) is 77.7 Å². The summed E-state index contributed by atoms with van der Waals surface area (Å²) in [6.07, 6.45) is 3.76. The van der Waals surface area contributed by atoms with Crippen LogP contribution in [0.15, 0.2) is 54.9 Å². The smallest absolute Gasteiger partial charge is 0.220 e. The predicted molar refractivity (Wildman–Crippen MR) is 177 cm³/mol. The topological polar surface area (TPSA) is 162 Å². The number of aromatic nitrogens is 1. The van der Waals surface area contributed by atoms with Crippen molar-refractivity contribution in [1.29, 1.82) is 0 Å². The summed E-state index contributed by atoms with van der Waals surface area (Å²) in [5.41, 5.74) is 5.86. The highest BCUT2D eigenvalue weighted by Crippen LogP contribution is 2.53. The number of hydrogen-bond donors (Lipinski definition) is 6. The minimum absolute atomic E-state index is 0.221. The molecule has 0 aliphatic heterocycles. The maximum atomic E-state index is 12.2. The van der Waals surface area contributed by atoms with Crippen molar-refractivity contribution in [3.63, 3.8) is 0 Å². The minimum atomic E-state index is -1.73. The van der Waals surface area contributed by atoms with Gasteiger partial charge in [-0.3, -0.25) is 9.78 Å². The molecule has 3 aromatic rings. The minimum Gasteiger partial charge on any atom is -0.490 e. The van der Waals surface area contributed by atoms with Gasteiger partial charge in [-0.1, -0.05) is 35.9 Å². The van der Waals surface area contributed by atoms with Crippen molar-refractivity contribution < 1.29 is 39.8 Å². The SMILES string of the molecule is Cc1cc(COC2(c3cnccc3-c3ccccc3OC3CC3)CC2)c(Cl)cc1CCCCC(=O)NCC(O)C(O)C(O)C(O)CO. The van der Waals surface area contributed by atoms with E-state index in [9.17, 15) is 25.2 Å². The number of pyridine rings is 1. The number of aliphatic hydroxyl groups is 5. The summed E-state index contributed by atoms with van der Waals surface area (Å²) in [5, 5.41) is 51.0. The highest BCUT2D eigenvalue weighted by atomic mass is 35.5. The van der Waals surface area contributed by atoms with Crippen molar-refractivity contribution in [3.05, 3.63) is 82.1 Å². The summed E-state index contributed by atoms with van der Waals surface area (Å²) in [6.45, 7) is 1.35. The lowest BCUT2D eigenvalue weighted by Gasteiger charge is -2.25. The Balaban J connectivity index is 1.12. The molecule has 11 heteroatoms. The van der Waals surface area contributed by atoms with Crippen LogP contribution >= 0.6 is 11.6 Å². The molecule has 4 atom stereocenters. The molecule has 2 fully saturated rings. The van der Waals surface area contributed by atoms with Crippen LogP contribution in [0.5, 0.6) is 5.75 Å². The van der Waals surface area contributed by atoms with Crippen LogP contribution in [0.1, 0.15) is 67.2 Å². The van der Waals surface area contributed by atoms with E-state index in [-0.39, 0.29) is 18.9 Å². The number of aryl methyl sites for hydroxylation is 2. The normalized spacial score (nSPS) is 17.9. The van der Waals surface area contributed by atoms with E-state index in [2.05, 4.69) is 22.4 Å². The van der Waals surface area contributed by atoms with Gasteiger partial charge in [0.15, 0.2) is 0 Å². The third-order valence-electron chi connectivity index (χ3n) is 8.95. The van der Waals surface area contributed by atoms with Crippen molar-refractivity contribution in [3.8, 4) is 16.9 Å². The Labute approximate surface area is 280 Å². The second-order valence-electron chi connectivity index (χ2n) is 12.7. The van der Waals surface area contributed by atoms with Gasteiger partial charge in [0, 0.05) is 41.5 Å². The molecule has 0 spiro atoms. The van der Waals surface area contributed by atoms with Crippen LogP contribution in [0, 0.1) is 6.92 Å². The van der Waals surface area contributed by atoms with E-state index in [1.807, 2.05) is 49.6 Å². The molecule has 2 aliphatic carbocycles. The number of benzene rings is 2. The second kappa shape index (κ2) is 15.9. The van der Waals surface area contributed by atoms with Gasteiger partial charge in [-0.2, -0.15) is 0 Å². The van der Waals surface area contributed by atoms with Crippen LogP contribution in [0.3, 0.4) is 0 Å². The number of para-hydroxylation sites is 1. The van der Waals surface area contributed by atoms with Crippen molar-refractivity contribution >= 4 is 17.5 Å². The Kier molecular flexibility index (Phi) is 11.9. The van der Waals surface area contributed by atoms with Crippen LogP contribution in [0.4, 0.5) is 0 Å². The molecular weight excluding hydrogens is 624 g/mol. The van der Waals surface area contributed by atoms with Crippen LogP contribution < -0.4 is 10.1 Å². The quantitative estimate of drug-likeness (QED) is 0.111. The first-order valence-electron chi connectivity index (χ1n) is 16.3. The van der Waals surface area contributed by atoms with Crippen molar-refractivity contribution in [1.82, 2.24) is 10.3 Å². The summed E-state index contributed by atoms with van der Waals surface area (Å²) in [4.78, 5) is 16.7. The van der Waals surface area contributed by atoms with E-state index in [1.54, 1.807) is 0 Å². The molecule has 6 N–H and O–H groups in total. The Morgan fingerprint density at radius 3 is 2.49 bits per heavy atom. The van der Waals surface area contributed by atoms with Crippen LogP contribution in [-0.2, 0) is 28.2 Å². The molecule has 1 amide bonds.